The Morgan fingerprint density at radius 3 is 1.84 bits per heavy atom. The highest BCUT2D eigenvalue weighted by atomic mass is 19.4. The molecule has 0 bridgehead atoms. The molecule has 7 heteroatoms. The number of alkyl halides is 3. The highest BCUT2D eigenvalue weighted by Crippen LogP contribution is 2.29. The molecule has 0 spiro atoms. The predicted octanol–water partition coefficient (Wildman–Crippen LogP) is 6.76. The van der Waals surface area contributed by atoms with Crippen molar-refractivity contribution in [3.63, 3.8) is 0 Å². The second-order valence-electron chi connectivity index (χ2n) is 8.76. The normalized spacial score (nSPS) is 11.2. The fourth-order valence-corrected chi connectivity index (χ4v) is 3.69. The molecule has 0 amide bonds. The van der Waals surface area contributed by atoms with E-state index in [4.69, 9.17) is 4.74 Å². The Bertz CT molecular complexity index is 1190. The van der Waals surface area contributed by atoms with Crippen LogP contribution in [0.1, 0.15) is 54.0 Å². The van der Waals surface area contributed by atoms with Crippen molar-refractivity contribution in [3.05, 3.63) is 101 Å². The van der Waals surface area contributed by atoms with Crippen LogP contribution in [0.5, 0.6) is 5.75 Å². The molecule has 0 saturated heterocycles. The van der Waals surface area contributed by atoms with Crippen molar-refractivity contribution in [1.82, 2.24) is 4.90 Å². The van der Waals surface area contributed by atoms with Crippen LogP contribution in [-0.2, 0) is 24.1 Å². The molecule has 0 aliphatic heterocycles. The third-order valence-electron chi connectivity index (χ3n) is 5.63. The Kier molecular flexibility index (Phi) is 10.2. The lowest BCUT2D eigenvalue weighted by Gasteiger charge is -2.21. The van der Waals surface area contributed by atoms with Gasteiger partial charge in [-0.05, 0) is 66.1 Å². The molecule has 3 rings (SSSR count). The summed E-state index contributed by atoms with van der Waals surface area (Å²) in [6.07, 6.45) is -1.06. The van der Waals surface area contributed by atoms with Crippen molar-refractivity contribution < 1.29 is 27.8 Å². The monoisotopic (exact) mass is 509 g/mol. The molecule has 0 aliphatic rings. The summed E-state index contributed by atoms with van der Waals surface area (Å²) in [6.45, 7) is 3.17. The van der Waals surface area contributed by atoms with Gasteiger partial charge in [0.1, 0.15) is 5.75 Å². The maximum Gasteiger partial charge on any atom is 0.416 e. The molecule has 0 aromatic heterocycles. The van der Waals surface area contributed by atoms with Crippen molar-refractivity contribution in [2.75, 3.05) is 13.2 Å². The predicted molar refractivity (Wildman–Crippen MR) is 137 cm³/mol. The van der Waals surface area contributed by atoms with Crippen LogP contribution in [0.3, 0.4) is 0 Å². The Hall–Kier alpha value is -3.76. The zero-order valence-electron chi connectivity index (χ0n) is 20.7. The highest BCUT2D eigenvalue weighted by Gasteiger charge is 2.30. The van der Waals surface area contributed by atoms with Crippen LogP contribution in [0.2, 0.25) is 0 Å². The highest BCUT2D eigenvalue weighted by molar-refractivity contribution is 5.69. The van der Waals surface area contributed by atoms with Crippen LogP contribution >= 0.6 is 0 Å². The molecule has 37 heavy (non-hydrogen) atoms. The average molecular weight is 510 g/mol. The zero-order valence-corrected chi connectivity index (χ0v) is 20.7. The van der Waals surface area contributed by atoms with E-state index in [0.717, 1.165) is 53.8 Å². The molecule has 4 nitrogen and oxygen atoms in total. The summed E-state index contributed by atoms with van der Waals surface area (Å²) in [7, 11) is 0. The maximum atomic E-state index is 12.8. The van der Waals surface area contributed by atoms with E-state index in [2.05, 4.69) is 18.8 Å². The first kappa shape index (κ1) is 27.8. The molecule has 3 aromatic rings. The molecule has 0 aliphatic carbocycles. The van der Waals surface area contributed by atoms with Gasteiger partial charge in [0.05, 0.1) is 18.7 Å². The van der Waals surface area contributed by atoms with E-state index in [-0.39, 0.29) is 13.1 Å². The van der Waals surface area contributed by atoms with E-state index in [1.807, 2.05) is 48.5 Å². The van der Waals surface area contributed by atoms with Gasteiger partial charge in [0, 0.05) is 24.2 Å². The van der Waals surface area contributed by atoms with Gasteiger partial charge in [-0.1, -0.05) is 55.9 Å². The molecule has 0 radical (unpaired) electrons. The van der Waals surface area contributed by atoms with Crippen molar-refractivity contribution in [2.24, 2.45) is 0 Å². The second-order valence-corrected chi connectivity index (χ2v) is 8.76. The number of carboxylic acid groups (broad SMARTS) is 1. The van der Waals surface area contributed by atoms with Crippen LogP contribution in [0, 0.1) is 11.8 Å². The fourth-order valence-electron chi connectivity index (χ4n) is 3.69. The zero-order chi connectivity index (χ0) is 26.7. The lowest BCUT2D eigenvalue weighted by molar-refractivity contribution is -0.139. The Morgan fingerprint density at radius 1 is 0.838 bits per heavy atom. The van der Waals surface area contributed by atoms with E-state index < -0.39 is 17.7 Å². The molecule has 0 atom stereocenters. The van der Waals surface area contributed by atoms with Gasteiger partial charge in [0.2, 0.25) is 0 Å². The van der Waals surface area contributed by atoms with Gasteiger partial charge in [-0.15, -0.1) is 0 Å². The first-order valence-electron chi connectivity index (χ1n) is 12.2. The Morgan fingerprint density at radius 2 is 1.35 bits per heavy atom. The summed E-state index contributed by atoms with van der Waals surface area (Å²) in [6, 6.07) is 19.9. The number of halogens is 3. The Balaban J connectivity index is 1.59. The third-order valence-corrected chi connectivity index (χ3v) is 5.63. The summed E-state index contributed by atoms with van der Waals surface area (Å²) in [5, 5.41) is 9.28. The van der Waals surface area contributed by atoms with E-state index >= 15 is 0 Å². The van der Waals surface area contributed by atoms with Gasteiger partial charge in [0.25, 0.3) is 0 Å². The van der Waals surface area contributed by atoms with Crippen molar-refractivity contribution in [2.45, 2.75) is 45.5 Å². The number of unbranched alkanes of at least 4 members (excludes halogenated alkanes) is 2. The average Bonchev–Trinajstić information content (AvgIpc) is 2.86. The second kappa shape index (κ2) is 13.5. The van der Waals surface area contributed by atoms with Crippen molar-refractivity contribution in [3.8, 4) is 17.6 Å². The standard InChI is InChI=1S/C30H30F3NO3/c1-2-3-4-19-37-28-17-13-24(14-18-28)6-5-23-7-9-25(10-8-23)20-34(22-29(35)36)21-26-11-15-27(16-12-26)30(31,32)33/h7-18H,2-4,19-22H2,1H3,(H,35,36). The van der Waals surface area contributed by atoms with Crippen LogP contribution < -0.4 is 4.74 Å². The molecule has 0 unspecified atom stereocenters. The lowest BCUT2D eigenvalue weighted by Crippen LogP contribution is -2.29. The largest absolute Gasteiger partial charge is 0.494 e. The number of carboxylic acids is 1. The molecular formula is C30H30F3NO3. The van der Waals surface area contributed by atoms with E-state index in [1.165, 1.54) is 12.1 Å². The van der Waals surface area contributed by atoms with E-state index in [1.54, 1.807) is 4.90 Å². The van der Waals surface area contributed by atoms with Crippen molar-refractivity contribution in [1.29, 1.82) is 0 Å². The molecule has 194 valence electrons. The minimum absolute atomic E-state index is 0.213. The van der Waals surface area contributed by atoms with E-state index in [9.17, 15) is 23.1 Å². The molecule has 0 saturated carbocycles. The summed E-state index contributed by atoms with van der Waals surface area (Å²) in [4.78, 5) is 13.0. The van der Waals surface area contributed by atoms with Gasteiger partial charge in [0.15, 0.2) is 0 Å². The number of rotatable bonds is 11. The van der Waals surface area contributed by atoms with Crippen LogP contribution in [0.15, 0.2) is 72.8 Å². The molecule has 0 heterocycles. The van der Waals surface area contributed by atoms with Crippen LogP contribution in [-0.4, -0.2) is 29.1 Å². The quantitative estimate of drug-likeness (QED) is 0.229. The fraction of sp³-hybridized carbons (Fsp3) is 0.300. The summed E-state index contributed by atoms with van der Waals surface area (Å²) < 4.78 is 44.1. The molecular weight excluding hydrogens is 479 g/mol. The first-order valence-corrected chi connectivity index (χ1v) is 12.2. The molecule has 1 N–H and O–H groups in total. The van der Waals surface area contributed by atoms with Gasteiger partial charge in [-0.3, -0.25) is 9.69 Å². The molecule has 3 aromatic carbocycles. The number of ether oxygens (including phenoxy) is 1. The lowest BCUT2D eigenvalue weighted by atomic mass is 10.1. The first-order chi connectivity index (χ1) is 17.7. The summed E-state index contributed by atoms with van der Waals surface area (Å²) in [5.74, 6) is 6.06. The topological polar surface area (TPSA) is 49.8 Å². The van der Waals surface area contributed by atoms with Crippen LogP contribution in [0.25, 0.3) is 0 Å². The van der Waals surface area contributed by atoms with Crippen molar-refractivity contribution >= 4 is 5.97 Å². The Labute approximate surface area is 215 Å². The van der Waals surface area contributed by atoms with E-state index in [0.29, 0.717) is 18.7 Å². The smallest absolute Gasteiger partial charge is 0.416 e. The summed E-state index contributed by atoms with van der Waals surface area (Å²) in [5.41, 5.74) is 2.44. The minimum Gasteiger partial charge on any atom is -0.494 e. The number of aliphatic carboxylic acids is 1. The SMILES string of the molecule is CCCCCOc1ccc(C#Cc2ccc(CN(CC(=O)O)Cc3ccc(C(F)(F)F)cc3)cc2)cc1. The molecule has 0 fully saturated rings. The number of hydrogen-bond donors (Lipinski definition) is 1. The summed E-state index contributed by atoms with van der Waals surface area (Å²) >= 11 is 0. The third kappa shape index (κ3) is 9.66. The maximum absolute atomic E-state index is 12.8. The number of hydrogen-bond acceptors (Lipinski definition) is 3. The van der Waals surface area contributed by atoms with Gasteiger partial charge < -0.3 is 9.84 Å². The number of benzene rings is 3. The van der Waals surface area contributed by atoms with Crippen LogP contribution in [0.4, 0.5) is 13.2 Å². The van der Waals surface area contributed by atoms with Gasteiger partial charge in [-0.25, -0.2) is 0 Å². The van der Waals surface area contributed by atoms with Gasteiger partial charge >= 0.3 is 12.1 Å². The number of nitrogens with zero attached hydrogens (tertiary/aromatic N) is 1. The van der Waals surface area contributed by atoms with Gasteiger partial charge in [-0.2, -0.15) is 13.2 Å². The number of carbonyl (C=O) groups is 1. The minimum atomic E-state index is -4.41.